The quantitative estimate of drug-likeness (QED) is 0.898. The fourth-order valence-electron chi connectivity index (χ4n) is 1.48. The van der Waals surface area contributed by atoms with E-state index in [2.05, 4.69) is 41.2 Å². The van der Waals surface area contributed by atoms with Crippen molar-refractivity contribution in [2.45, 2.75) is 26.3 Å². The Morgan fingerprint density at radius 2 is 2.18 bits per heavy atom. The zero-order valence-corrected chi connectivity index (χ0v) is 11.6. The van der Waals surface area contributed by atoms with Crippen molar-refractivity contribution in [3.63, 3.8) is 0 Å². The lowest BCUT2D eigenvalue weighted by atomic mass is 10.1. The molecular weight excluding hydrogens is 283 g/mol. The molecule has 2 nitrogen and oxygen atoms in total. The van der Waals surface area contributed by atoms with Crippen LogP contribution in [0.15, 0.2) is 22.7 Å². The van der Waals surface area contributed by atoms with E-state index in [4.69, 9.17) is 5.26 Å². The highest BCUT2D eigenvalue weighted by Gasteiger charge is 2.14. The lowest BCUT2D eigenvalue weighted by Gasteiger charge is -2.14. The van der Waals surface area contributed by atoms with Crippen LogP contribution in [0.25, 0.3) is 0 Å². The largest absolute Gasteiger partial charge is 0.298 e. The van der Waals surface area contributed by atoms with Gasteiger partial charge < -0.3 is 0 Å². The van der Waals surface area contributed by atoms with Gasteiger partial charge in [-0.25, -0.2) is 4.39 Å². The molecule has 0 saturated heterocycles. The second kappa shape index (κ2) is 6.73. The van der Waals surface area contributed by atoms with Crippen LogP contribution >= 0.6 is 15.9 Å². The summed E-state index contributed by atoms with van der Waals surface area (Å²) in [5.41, 5.74) is 0.394. The van der Waals surface area contributed by atoms with E-state index in [1.165, 1.54) is 6.07 Å². The molecule has 0 fully saturated rings. The van der Waals surface area contributed by atoms with Crippen LogP contribution < -0.4 is 5.32 Å². The standard InChI is InChI=1S/C13H16BrFN2/c1-9(2)5-6-17-13(8-16)11-7-10(14)3-4-12(11)15/h3-4,7,9,13,17H,5-6H2,1-2H3. The molecule has 1 unspecified atom stereocenters. The van der Waals surface area contributed by atoms with Gasteiger partial charge in [0.25, 0.3) is 0 Å². The van der Waals surface area contributed by atoms with Crippen molar-refractivity contribution in [3.05, 3.63) is 34.1 Å². The normalized spacial score (nSPS) is 12.5. The summed E-state index contributed by atoms with van der Waals surface area (Å²) in [6.07, 6.45) is 0.966. The molecular formula is C13H16BrFN2. The van der Waals surface area contributed by atoms with Crippen LogP contribution in [0.3, 0.4) is 0 Å². The highest BCUT2D eigenvalue weighted by atomic mass is 79.9. The van der Waals surface area contributed by atoms with Gasteiger partial charge in [-0.3, -0.25) is 5.32 Å². The van der Waals surface area contributed by atoms with Gasteiger partial charge in [-0.1, -0.05) is 29.8 Å². The predicted molar refractivity (Wildman–Crippen MR) is 69.9 cm³/mol. The summed E-state index contributed by atoms with van der Waals surface area (Å²) in [4.78, 5) is 0. The van der Waals surface area contributed by atoms with Gasteiger partial charge in [-0.05, 0) is 37.1 Å². The topological polar surface area (TPSA) is 35.8 Å². The van der Waals surface area contributed by atoms with E-state index in [-0.39, 0.29) is 5.82 Å². The van der Waals surface area contributed by atoms with Gasteiger partial charge in [0.2, 0.25) is 0 Å². The second-order valence-corrected chi connectivity index (χ2v) is 5.28. The number of nitrogens with zero attached hydrogens (tertiary/aromatic N) is 1. The molecule has 1 rings (SSSR count). The Labute approximate surface area is 110 Å². The first kappa shape index (κ1) is 14.1. The Morgan fingerprint density at radius 3 is 2.76 bits per heavy atom. The molecule has 0 aromatic heterocycles. The number of nitriles is 1. The van der Waals surface area contributed by atoms with Crippen molar-refractivity contribution < 1.29 is 4.39 Å². The summed E-state index contributed by atoms with van der Waals surface area (Å²) in [6, 6.07) is 6.14. The van der Waals surface area contributed by atoms with Gasteiger partial charge in [0, 0.05) is 10.0 Å². The minimum atomic E-state index is -0.591. The Balaban J connectivity index is 2.73. The number of hydrogen-bond donors (Lipinski definition) is 1. The van der Waals surface area contributed by atoms with Crippen molar-refractivity contribution in [1.29, 1.82) is 5.26 Å². The monoisotopic (exact) mass is 298 g/mol. The number of benzene rings is 1. The molecule has 1 aromatic rings. The molecule has 1 aromatic carbocycles. The molecule has 0 spiro atoms. The molecule has 92 valence electrons. The number of rotatable bonds is 5. The maximum Gasteiger partial charge on any atom is 0.129 e. The highest BCUT2D eigenvalue weighted by molar-refractivity contribution is 9.10. The number of halogens is 2. The smallest absolute Gasteiger partial charge is 0.129 e. The molecule has 1 N–H and O–H groups in total. The summed E-state index contributed by atoms with van der Waals surface area (Å²) >= 11 is 3.28. The molecule has 0 bridgehead atoms. The van der Waals surface area contributed by atoms with Crippen molar-refractivity contribution >= 4 is 15.9 Å². The van der Waals surface area contributed by atoms with Gasteiger partial charge in [0.05, 0.1) is 6.07 Å². The third-order valence-electron chi connectivity index (χ3n) is 2.47. The molecule has 0 aliphatic rings. The lowest BCUT2D eigenvalue weighted by Crippen LogP contribution is -2.23. The summed E-state index contributed by atoms with van der Waals surface area (Å²) in [5.74, 6) is 0.214. The van der Waals surface area contributed by atoms with Crippen LogP contribution in [0, 0.1) is 23.1 Å². The molecule has 0 aliphatic heterocycles. The van der Waals surface area contributed by atoms with E-state index >= 15 is 0 Å². The Hall–Kier alpha value is -0.920. The zero-order chi connectivity index (χ0) is 12.8. The van der Waals surface area contributed by atoms with Crippen LogP contribution in [-0.2, 0) is 0 Å². The van der Waals surface area contributed by atoms with E-state index in [0.29, 0.717) is 18.0 Å². The van der Waals surface area contributed by atoms with Crippen molar-refractivity contribution in [1.82, 2.24) is 5.32 Å². The van der Waals surface area contributed by atoms with Gasteiger partial charge in [0.15, 0.2) is 0 Å². The van der Waals surface area contributed by atoms with Crippen LogP contribution in [-0.4, -0.2) is 6.54 Å². The summed E-state index contributed by atoms with van der Waals surface area (Å²) < 4.78 is 14.4. The zero-order valence-electron chi connectivity index (χ0n) is 10.0. The van der Waals surface area contributed by atoms with Crippen LogP contribution in [0.2, 0.25) is 0 Å². The SMILES string of the molecule is CC(C)CCNC(C#N)c1cc(Br)ccc1F. The van der Waals surface area contributed by atoms with Crippen molar-refractivity contribution in [2.24, 2.45) is 5.92 Å². The molecule has 0 saturated carbocycles. The van der Waals surface area contributed by atoms with Gasteiger partial charge >= 0.3 is 0 Å². The van der Waals surface area contributed by atoms with Crippen molar-refractivity contribution in [3.8, 4) is 6.07 Å². The predicted octanol–water partition coefficient (Wildman–Crippen LogP) is 3.79. The molecule has 0 amide bonds. The van der Waals surface area contributed by atoms with Crippen LogP contribution in [0.5, 0.6) is 0 Å². The van der Waals surface area contributed by atoms with E-state index < -0.39 is 6.04 Å². The van der Waals surface area contributed by atoms with Gasteiger partial charge in [0.1, 0.15) is 11.9 Å². The van der Waals surface area contributed by atoms with Gasteiger partial charge in [-0.15, -0.1) is 0 Å². The average Bonchev–Trinajstić information content (AvgIpc) is 2.28. The first-order valence-corrected chi connectivity index (χ1v) is 6.42. The average molecular weight is 299 g/mol. The minimum absolute atomic E-state index is 0.350. The van der Waals surface area contributed by atoms with Crippen molar-refractivity contribution in [2.75, 3.05) is 6.54 Å². The Kier molecular flexibility index (Phi) is 5.60. The van der Waals surface area contributed by atoms with E-state index in [1.807, 2.05) is 0 Å². The Morgan fingerprint density at radius 1 is 1.47 bits per heavy atom. The Bertz CT molecular complexity index is 412. The molecule has 0 radical (unpaired) electrons. The summed E-state index contributed by atoms with van der Waals surface area (Å²) in [7, 11) is 0. The molecule has 17 heavy (non-hydrogen) atoms. The van der Waals surface area contributed by atoms with E-state index in [0.717, 1.165) is 10.9 Å². The minimum Gasteiger partial charge on any atom is -0.298 e. The fraction of sp³-hybridized carbons (Fsp3) is 0.462. The third kappa shape index (κ3) is 4.45. The van der Waals surface area contributed by atoms with Crippen LogP contribution in [0.1, 0.15) is 31.9 Å². The first-order valence-electron chi connectivity index (χ1n) is 5.62. The molecule has 0 heterocycles. The van der Waals surface area contributed by atoms with Gasteiger partial charge in [-0.2, -0.15) is 5.26 Å². The fourth-order valence-corrected chi connectivity index (χ4v) is 1.86. The lowest BCUT2D eigenvalue weighted by molar-refractivity contribution is 0.506. The van der Waals surface area contributed by atoms with E-state index in [1.54, 1.807) is 12.1 Å². The van der Waals surface area contributed by atoms with Crippen LogP contribution in [0.4, 0.5) is 4.39 Å². The maximum atomic E-state index is 13.6. The molecule has 4 heteroatoms. The first-order chi connectivity index (χ1) is 8.04. The third-order valence-corrected chi connectivity index (χ3v) is 2.96. The highest BCUT2D eigenvalue weighted by Crippen LogP contribution is 2.21. The molecule has 1 atom stereocenters. The summed E-state index contributed by atoms with van der Waals surface area (Å²) in [6.45, 7) is 4.94. The number of nitrogens with one attached hydrogen (secondary N) is 1. The molecule has 0 aliphatic carbocycles. The second-order valence-electron chi connectivity index (χ2n) is 4.36. The number of hydrogen-bond acceptors (Lipinski definition) is 2. The van der Waals surface area contributed by atoms with E-state index in [9.17, 15) is 4.39 Å². The summed E-state index contributed by atoms with van der Waals surface area (Å²) in [5, 5.41) is 12.1. The maximum absolute atomic E-state index is 13.6.